The molecule has 13 heavy (non-hydrogen) atoms. The summed E-state index contributed by atoms with van der Waals surface area (Å²) < 4.78 is 5.29. The van der Waals surface area contributed by atoms with Crippen LogP contribution in [0.2, 0.25) is 0 Å². The molecule has 0 amide bonds. The molecule has 3 heteroatoms. The third-order valence-electron chi connectivity index (χ3n) is 2.30. The van der Waals surface area contributed by atoms with Crippen molar-refractivity contribution in [1.29, 1.82) is 0 Å². The quantitative estimate of drug-likeness (QED) is 0.580. The molecule has 2 nitrogen and oxygen atoms in total. The standard InChI is InChI=1S/C10H18O2.Mo/c1-2-6-10(11)12-9-7-4-3-5-8-9;/h9H,2-8H2,1H3;. The molecule has 0 saturated heterocycles. The maximum atomic E-state index is 11.1. The first-order valence-electron chi connectivity index (χ1n) is 5.02. The summed E-state index contributed by atoms with van der Waals surface area (Å²) in [6.45, 7) is 2.00. The van der Waals surface area contributed by atoms with Gasteiger partial charge in [-0.25, -0.2) is 0 Å². The summed E-state index contributed by atoms with van der Waals surface area (Å²) in [6.07, 6.45) is 7.63. The third kappa shape index (κ3) is 5.46. The Bertz CT molecular complexity index is 142. The van der Waals surface area contributed by atoms with E-state index in [2.05, 4.69) is 0 Å². The minimum Gasteiger partial charge on any atom is -0.462 e. The van der Waals surface area contributed by atoms with E-state index >= 15 is 0 Å². The van der Waals surface area contributed by atoms with Gasteiger partial charge in [0.25, 0.3) is 0 Å². The van der Waals surface area contributed by atoms with Crippen molar-refractivity contribution in [2.24, 2.45) is 0 Å². The van der Waals surface area contributed by atoms with Crippen LogP contribution in [0, 0.1) is 0 Å². The molecule has 0 radical (unpaired) electrons. The fourth-order valence-corrected chi connectivity index (χ4v) is 1.63. The largest absolute Gasteiger partial charge is 0.462 e. The second kappa shape index (κ2) is 7.55. The number of hydrogen-bond donors (Lipinski definition) is 0. The Morgan fingerprint density at radius 3 is 2.46 bits per heavy atom. The van der Waals surface area contributed by atoms with Gasteiger partial charge in [0, 0.05) is 27.5 Å². The topological polar surface area (TPSA) is 26.3 Å². The van der Waals surface area contributed by atoms with Crippen LogP contribution in [-0.2, 0) is 30.6 Å². The molecule has 76 valence electrons. The van der Waals surface area contributed by atoms with Crippen molar-refractivity contribution in [3.8, 4) is 0 Å². The van der Waals surface area contributed by atoms with Gasteiger partial charge in [0.05, 0.1) is 0 Å². The van der Waals surface area contributed by atoms with E-state index < -0.39 is 0 Å². The first-order valence-corrected chi connectivity index (χ1v) is 5.02. The molecule has 1 aliphatic carbocycles. The fraction of sp³-hybridized carbons (Fsp3) is 0.900. The summed E-state index contributed by atoms with van der Waals surface area (Å²) in [5.41, 5.74) is 0. The van der Waals surface area contributed by atoms with Crippen LogP contribution in [0.5, 0.6) is 0 Å². The van der Waals surface area contributed by atoms with Gasteiger partial charge in [0.2, 0.25) is 0 Å². The van der Waals surface area contributed by atoms with Gasteiger partial charge in [-0.05, 0) is 32.1 Å². The van der Waals surface area contributed by atoms with Crippen molar-refractivity contribution in [1.82, 2.24) is 0 Å². The van der Waals surface area contributed by atoms with E-state index in [4.69, 9.17) is 4.74 Å². The summed E-state index contributed by atoms with van der Waals surface area (Å²) in [7, 11) is 0. The number of rotatable bonds is 3. The second-order valence-corrected chi connectivity index (χ2v) is 3.50. The molecule has 0 atom stereocenters. The maximum Gasteiger partial charge on any atom is 0.306 e. The smallest absolute Gasteiger partial charge is 0.306 e. The fourth-order valence-electron chi connectivity index (χ4n) is 1.63. The molecular weight excluding hydrogens is 248 g/mol. The Kier molecular flexibility index (Phi) is 7.64. The van der Waals surface area contributed by atoms with Gasteiger partial charge in [-0.1, -0.05) is 13.3 Å². The number of carbonyl (C=O) groups excluding carboxylic acids is 1. The molecule has 1 rings (SSSR count). The molecule has 1 aliphatic rings. The normalized spacial score (nSPS) is 17.6. The zero-order chi connectivity index (χ0) is 8.81. The molecule has 0 unspecified atom stereocenters. The van der Waals surface area contributed by atoms with Crippen molar-refractivity contribution in [2.45, 2.75) is 58.0 Å². The molecule has 0 bridgehead atoms. The summed E-state index contributed by atoms with van der Waals surface area (Å²) >= 11 is 0. The van der Waals surface area contributed by atoms with Gasteiger partial charge in [0.1, 0.15) is 6.10 Å². The molecule has 0 N–H and O–H groups in total. The third-order valence-corrected chi connectivity index (χ3v) is 2.30. The van der Waals surface area contributed by atoms with Crippen LogP contribution in [0.4, 0.5) is 0 Å². The Morgan fingerprint density at radius 1 is 1.31 bits per heavy atom. The first-order chi connectivity index (χ1) is 5.83. The van der Waals surface area contributed by atoms with E-state index in [1.54, 1.807) is 0 Å². The van der Waals surface area contributed by atoms with Crippen LogP contribution in [0.1, 0.15) is 51.9 Å². The SMILES string of the molecule is CCCC(=O)OC1CCCCC1.[Mo]. The van der Waals surface area contributed by atoms with Gasteiger partial charge in [-0.3, -0.25) is 4.79 Å². The van der Waals surface area contributed by atoms with Crippen molar-refractivity contribution < 1.29 is 30.6 Å². The average molecular weight is 266 g/mol. The Morgan fingerprint density at radius 2 is 1.92 bits per heavy atom. The van der Waals surface area contributed by atoms with Crippen molar-refractivity contribution in [3.63, 3.8) is 0 Å². The van der Waals surface area contributed by atoms with Crippen LogP contribution in [0.25, 0.3) is 0 Å². The summed E-state index contributed by atoms with van der Waals surface area (Å²) in [5, 5.41) is 0. The molecule has 1 saturated carbocycles. The number of ether oxygens (including phenoxy) is 1. The van der Waals surface area contributed by atoms with Gasteiger partial charge >= 0.3 is 5.97 Å². The molecule has 0 aromatic carbocycles. The molecule has 0 spiro atoms. The summed E-state index contributed by atoms with van der Waals surface area (Å²) in [4.78, 5) is 11.1. The van der Waals surface area contributed by atoms with E-state index in [0.29, 0.717) is 6.42 Å². The maximum absolute atomic E-state index is 11.1. The van der Waals surface area contributed by atoms with E-state index in [1.807, 2.05) is 6.92 Å². The number of esters is 1. The van der Waals surface area contributed by atoms with Crippen molar-refractivity contribution >= 4 is 5.97 Å². The van der Waals surface area contributed by atoms with Gasteiger partial charge < -0.3 is 4.74 Å². The number of hydrogen-bond acceptors (Lipinski definition) is 2. The number of carbonyl (C=O) groups is 1. The molecule has 0 aromatic heterocycles. The van der Waals surface area contributed by atoms with Crippen molar-refractivity contribution in [2.75, 3.05) is 0 Å². The van der Waals surface area contributed by atoms with E-state index in [-0.39, 0.29) is 33.1 Å². The molecule has 0 aliphatic heterocycles. The minimum atomic E-state index is -0.00981. The summed E-state index contributed by atoms with van der Waals surface area (Å²) in [5.74, 6) is -0.00981. The predicted molar refractivity (Wildman–Crippen MR) is 47.9 cm³/mol. The zero-order valence-electron chi connectivity index (χ0n) is 8.25. The van der Waals surface area contributed by atoms with Gasteiger partial charge in [0.15, 0.2) is 0 Å². The van der Waals surface area contributed by atoms with Gasteiger partial charge in [-0.15, -0.1) is 0 Å². The summed E-state index contributed by atoms with van der Waals surface area (Å²) in [6, 6.07) is 0. The Labute approximate surface area is 94.7 Å². The van der Waals surface area contributed by atoms with Crippen LogP contribution >= 0.6 is 0 Å². The van der Waals surface area contributed by atoms with Gasteiger partial charge in [-0.2, -0.15) is 0 Å². The molecule has 0 heterocycles. The monoisotopic (exact) mass is 268 g/mol. The van der Waals surface area contributed by atoms with Crippen LogP contribution in [-0.4, -0.2) is 12.1 Å². The molecule has 0 aromatic rings. The second-order valence-electron chi connectivity index (χ2n) is 3.50. The Hall–Kier alpha value is 0.158. The van der Waals surface area contributed by atoms with E-state index in [9.17, 15) is 4.79 Å². The van der Waals surface area contributed by atoms with E-state index in [1.165, 1.54) is 19.3 Å². The van der Waals surface area contributed by atoms with Crippen LogP contribution in [0.3, 0.4) is 0 Å². The Balaban J connectivity index is 0.00000144. The van der Waals surface area contributed by atoms with Crippen LogP contribution < -0.4 is 0 Å². The van der Waals surface area contributed by atoms with Crippen LogP contribution in [0.15, 0.2) is 0 Å². The van der Waals surface area contributed by atoms with E-state index in [0.717, 1.165) is 19.3 Å². The average Bonchev–Trinajstić information content (AvgIpc) is 2.06. The molecular formula is C10H18MoO2. The first kappa shape index (κ1) is 13.2. The van der Waals surface area contributed by atoms with Crippen molar-refractivity contribution in [3.05, 3.63) is 0 Å². The minimum absolute atomic E-state index is 0. The zero-order valence-corrected chi connectivity index (χ0v) is 10.3. The predicted octanol–water partition coefficient (Wildman–Crippen LogP) is 2.66. The molecule has 1 fully saturated rings.